The van der Waals surface area contributed by atoms with Crippen molar-refractivity contribution in [3.05, 3.63) is 53.5 Å². The third kappa shape index (κ3) is 2.77. The van der Waals surface area contributed by atoms with Gasteiger partial charge in [0.1, 0.15) is 0 Å². The van der Waals surface area contributed by atoms with E-state index in [0.29, 0.717) is 0 Å². The van der Waals surface area contributed by atoms with Crippen LogP contribution in [0.4, 0.5) is 0 Å². The Labute approximate surface area is 116 Å². The van der Waals surface area contributed by atoms with E-state index in [0.717, 1.165) is 23.7 Å². The maximum absolute atomic E-state index is 5.44. The molecule has 94 valence electrons. The van der Waals surface area contributed by atoms with Crippen molar-refractivity contribution in [1.29, 1.82) is 0 Å². The molecular weight excluding hydrogens is 260 g/mol. The van der Waals surface area contributed by atoms with E-state index < -0.39 is 0 Å². The predicted octanol–water partition coefficient (Wildman–Crippen LogP) is 4.06. The number of benzene rings is 1. The van der Waals surface area contributed by atoms with Crippen LogP contribution in [0.5, 0.6) is 0 Å². The van der Waals surface area contributed by atoms with Crippen LogP contribution in [0.1, 0.15) is 0 Å². The fourth-order valence-corrected chi connectivity index (χ4v) is 3.21. The Balaban J connectivity index is 2.35. The van der Waals surface area contributed by atoms with Gasteiger partial charge in [-0.25, -0.2) is 0 Å². The third-order valence-electron chi connectivity index (χ3n) is 2.69. The third-order valence-corrected chi connectivity index (χ3v) is 4.12. The molecule has 1 aromatic heterocycles. The molecule has 2 nitrogen and oxygen atoms in total. The number of hydrogen-bond acceptors (Lipinski definition) is 3. The summed E-state index contributed by atoms with van der Waals surface area (Å²) in [6.45, 7) is 10.0. The molecule has 2 aromatic rings. The largest absolute Gasteiger partial charge is 0.309 e. The number of hydrogen-bond donors (Lipinski definition) is 0. The molecule has 0 saturated heterocycles. The first-order valence-corrected chi connectivity index (χ1v) is 7.01. The summed E-state index contributed by atoms with van der Waals surface area (Å²) < 4.78 is 4.32. The highest BCUT2D eigenvalue weighted by Gasteiger charge is 2.07. The Morgan fingerprint density at radius 2 is 1.89 bits per heavy atom. The summed E-state index contributed by atoms with van der Waals surface area (Å²) in [5.74, 6) is 0. The van der Waals surface area contributed by atoms with Crippen LogP contribution in [0, 0.1) is 3.95 Å². The number of fused-ring (bicyclic) bond motifs is 1. The van der Waals surface area contributed by atoms with Gasteiger partial charge in [0.25, 0.3) is 0 Å². The number of thiazole rings is 1. The molecule has 0 amide bonds. The molecular formula is C14H16N2S2. The Morgan fingerprint density at radius 1 is 1.22 bits per heavy atom. The first-order valence-electron chi connectivity index (χ1n) is 5.78. The van der Waals surface area contributed by atoms with Crippen LogP contribution in [-0.4, -0.2) is 22.6 Å². The lowest BCUT2D eigenvalue weighted by atomic mass is 10.3. The van der Waals surface area contributed by atoms with Crippen LogP contribution >= 0.6 is 23.6 Å². The van der Waals surface area contributed by atoms with Crippen molar-refractivity contribution in [1.82, 2.24) is 9.47 Å². The van der Waals surface area contributed by atoms with Gasteiger partial charge in [-0.15, -0.1) is 24.5 Å². The average Bonchev–Trinajstić information content (AvgIpc) is 2.67. The summed E-state index contributed by atoms with van der Waals surface area (Å²) >= 11 is 7.10. The van der Waals surface area contributed by atoms with E-state index in [2.05, 4.69) is 34.8 Å². The van der Waals surface area contributed by atoms with E-state index in [4.69, 9.17) is 12.2 Å². The fourth-order valence-electron chi connectivity index (χ4n) is 1.90. The molecule has 0 bridgehead atoms. The quantitative estimate of drug-likeness (QED) is 0.580. The Bertz CT molecular complexity index is 600. The molecule has 1 heterocycles. The van der Waals surface area contributed by atoms with Crippen LogP contribution in [0.15, 0.2) is 49.6 Å². The van der Waals surface area contributed by atoms with Gasteiger partial charge in [0.2, 0.25) is 0 Å². The molecule has 0 atom stereocenters. The van der Waals surface area contributed by atoms with E-state index >= 15 is 0 Å². The molecule has 0 N–H and O–H groups in total. The second-order valence-corrected chi connectivity index (χ2v) is 5.69. The van der Waals surface area contributed by atoms with E-state index in [1.54, 1.807) is 11.3 Å². The number of nitrogens with zero attached hydrogens (tertiary/aromatic N) is 2. The zero-order chi connectivity index (χ0) is 13.0. The molecule has 1 aromatic carbocycles. The monoisotopic (exact) mass is 276 g/mol. The Morgan fingerprint density at radius 3 is 2.56 bits per heavy atom. The predicted molar refractivity (Wildman–Crippen MR) is 82.6 cm³/mol. The number of aromatic nitrogens is 1. The summed E-state index contributed by atoms with van der Waals surface area (Å²) in [4.78, 5) is 2.24. The summed E-state index contributed by atoms with van der Waals surface area (Å²) in [5, 5.41) is 0. The summed E-state index contributed by atoms with van der Waals surface area (Å²) in [5.41, 5.74) is 1.20. The normalized spacial score (nSPS) is 10.9. The van der Waals surface area contributed by atoms with E-state index in [-0.39, 0.29) is 0 Å². The van der Waals surface area contributed by atoms with Crippen molar-refractivity contribution in [2.75, 3.05) is 13.1 Å². The minimum Gasteiger partial charge on any atom is -0.309 e. The highest BCUT2D eigenvalue weighted by molar-refractivity contribution is 7.73. The first-order chi connectivity index (χ1) is 8.76. The maximum Gasteiger partial charge on any atom is 0.163 e. The van der Waals surface area contributed by atoms with Gasteiger partial charge >= 0.3 is 0 Å². The SMILES string of the molecule is C=CCN(CC=C)Cn1c(=S)sc2ccccc21. The molecule has 0 spiro atoms. The standard InChI is InChI=1S/C14H16N2S2/c1-3-9-15(10-4-2)11-16-12-7-5-6-8-13(12)18-14(16)17/h3-8H,1-2,9-11H2. The molecule has 0 aliphatic rings. The van der Waals surface area contributed by atoms with Gasteiger partial charge in [-0.05, 0) is 24.4 Å². The number of para-hydroxylation sites is 1. The minimum absolute atomic E-state index is 0.779. The molecule has 4 heteroatoms. The number of rotatable bonds is 6. The molecule has 0 fully saturated rings. The molecule has 0 aliphatic heterocycles. The summed E-state index contributed by atoms with van der Waals surface area (Å²) in [6.07, 6.45) is 3.81. The van der Waals surface area contributed by atoms with Crippen molar-refractivity contribution in [2.45, 2.75) is 6.67 Å². The van der Waals surface area contributed by atoms with Crippen molar-refractivity contribution in [3.8, 4) is 0 Å². The lowest BCUT2D eigenvalue weighted by Crippen LogP contribution is -2.26. The van der Waals surface area contributed by atoms with Crippen LogP contribution in [0.2, 0.25) is 0 Å². The van der Waals surface area contributed by atoms with Crippen molar-refractivity contribution in [2.24, 2.45) is 0 Å². The molecule has 0 radical (unpaired) electrons. The molecule has 2 rings (SSSR count). The zero-order valence-corrected chi connectivity index (χ0v) is 11.8. The topological polar surface area (TPSA) is 8.17 Å². The molecule has 0 unspecified atom stereocenters. The lowest BCUT2D eigenvalue weighted by molar-refractivity contribution is 0.271. The smallest absolute Gasteiger partial charge is 0.163 e. The highest BCUT2D eigenvalue weighted by atomic mass is 32.1. The van der Waals surface area contributed by atoms with Crippen molar-refractivity contribution >= 4 is 33.8 Å². The second kappa shape index (κ2) is 6.09. The highest BCUT2D eigenvalue weighted by Crippen LogP contribution is 2.23. The van der Waals surface area contributed by atoms with Gasteiger partial charge < -0.3 is 4.57 Å². The van der Waals surface area contributed by atoms with Gasteiger partial charge in [0.05, 0.1) is 16.9 Å². The van der Waals surface area contributed by atoms with Crippen LogP contribution in [0.3, 0.4) is 0 Å². The van der Waals surface area contributed by atoms with Crippen LogP contribution in [0.25, 0.3) is 10.2 Å². The van der Waals surface area contributed by atoms with Crippen molar-refractivity contribution < 1.29 is 0 Å². The van der Waals surface area contributed by atoms with E-state index in [1.165, 1.54) is 10.2 Å². The maximum atomic E-state index is 5.44. The minimum atomic E-state index is 0.779. The van der Waals surface area contributed by atoms with Gasteiger partial charge in [-0.2, -0.15) is 0 Å². The van der Waals surface area contributed by atoms with E-state index in [1.807, 2.05) is 24.3 Å². The average molecular weight is 276 g/mol. The van der Waals surface area contributed by atoms with Crippen molar-refractivity contribution in [3.63, 3.8) is 0 Å². The molecule has 0 saturated carbocycles. The zero-order valence-electron chi connectivity index (χ0n) is 10.2. The van der Waals surface area contributed by atoms with Gasteiger partial charge in [0, 0.05) is 13.1 Å². The molecule has 18 heavy (non-hydrogen) atoms. The second-order valence-electron chi connectivity index (χ2n) is 4.02. The fraction of sp³-hybridized carbons (Fsp3) is 0.214. The lowest BCUT2D eigenvalue weighted by Gasteiger charge is -2.19. The first kappa shape index (κ1) is 13.2. The summed E-state index contributed by atoms with van der Waals surface area (Å²) in [6, 6.07) is 8.31. The summed E-state index contributed by atoms with van der Waals surface area (Å²) in [7, 11) is 0. The Hall–Kier alpha value is -1.23. The van der Waals surface area contributed by atoms with Gasteiger partial charge in [-0.1, -0.05) is 24.3 Å². The molecule has 0 aliphatic carbocycles. The Kier molecular flexibility index (Phi) is 4.47. The van der Waals surface area contributed by atoms with Crippen LogP contribution in [-0.2, 0) is 6.67 Å². The van der Waals surface area contributed by atoms with Gasteiger partial charge in [-0.3, -0.25) is 4.90 Å². The van der Waals surface area contributed by atoms with Crippen LogP contribution < -0.4 is 0 Å². The van der Waals surface area contributed by atoms with Gasteiger partial charge in [0.15, 0.2) is 3.95 Å². The van der Waals surface area contributed by atoms with E-state index in [9.17, 15) is 0 Å².